The number of ether oxygens (including phenoxy) is 1. The van der Waals surface area contributed by atoms with Crippen molar-refractivity contribution in [3.05, 3.63) is 70.2 Å². The second kappa shape index (κ2) is 8.63. The number of benzene rings is 2. The van der Waals surface area contributed by atoms with Crippen LogP contribution in [-0.2, 0) is 0 Å². The molecule has 0 saturated heterocycles. The Kier molecular flexibility index (Phi) is 6.02. The third-order valence-electron chi connectivity index (χ3n) is 3.99. The lowest BCUT2D eigenvalue weighted by molar-refractivity contribution is -0.0493. The molecule has 3 rings (SSSR count). The first-order valence-corrected chi connectivity index (χ1v) is 9.30. The zero-order valence-corrected chi connectivity index (χ0v) is 16.1. The highest BCUT2D eigenvalue weighted by Crippen LogP contribution is 2.30. The average Bonchev–Trinajstić information content (AvgIpc) is 3.12. The lowest BCUT2D eigenvalue weighted by Crippen LogP contribution is -2.04. The summed E-state index contributed by atoms with van der Waals surface area (Å²) in [5.74, 6) is 0.00106. The quantitative estimate of drug-likeness (QED) is 0.518. The van der Waals surface area contributed by atoms with E-state index in [4.69, 9.17) is 0 Å². The number of para-hydroxylation sites is 2. The predicted molar refractivity (Wildman–Crippen MR) is 107 cm³/mol. The van der Waals surface area contributed by atoms with E-state index >= 15 is 0 Å². The van der Waals surface area contributed by atoms with Crippen molar-refractivity contribution in [2.24, 2.45) is 0 Å². The third kappa shape index (κ3) is 4.53. The van der Waals surface area contributed by atoms with E-state index in [1.807, 2.05) is 31.4 Å². The highest BCUT2D eigenvalue weighted by molar-refractivity contribution is 7.11. The summed E-state index contributed by atoms with van der Waals surface area (Å²) < 4.78 is 29.5. The fourth-order valence-electron chi connectivity index (χ4n) is 2.70. The molecule has 0 atom stereocenters. The Hall–Kier alpha value is -3.24. The van der Waals surface area contributed by atoms with Gasteiger partial charge in [-0.3, -0.25) is 0 Å². The summed E-state index contributed by atoms with van der Waals surface area (Å²) in [6, 6.07) is 14.5. The van der Waals surface area contributed by atoms with E-state index in [1.54, 1.807) is 18.2 Å². The number of anilines is 1. The number of aryl methyl sites for hydroxylation is 2. The van der Waals surface area contributed by atoms with Crippen molar-refractivity contribution < 1.29 is 13.5 Å². The number of nitrogens with one attached hydrogen (secondary N) is 1. The van der Waals surface area contributed by atoms with Gasteiger partial charge in [0.05, 0.1) is 11.4 Å². The van der Waals surface area contributed by atoms with Crippen LogP contribution in [0.5, 0.6) is 5.75 Å². The minimum Gasteiger partial charge on any atom is -0.433 e. The van der Waals surface area contributed by atoms with E-state index in [2.05, 4.69) is 27.2 Å². The van der Waals surface area contributed by atoms with Gasteiger partial charge in [0.25, 0.3) is 0 Å². The molecule has 0 spiro atoms. The van der Waals surface area contributed by atoms with Gasteiger partial charge in [-0.2, -0.15) is 14.0 Å². The Morgan fingerprint density at radius 3 is 2.75 bits per heavy atom. The molecule has 28 heavy (non-hydrogen) atoms. The Labute approximate surface area is 165 Å². The van der Waals surface area contributed by atoms with Crippen LogP contribution in [0.15, 0.2) is 54.0 Å². The van der Waals surface area contributed by atoms with Crippen LogP contribution in [0.4, 0.5) is 14.5 Å². The molecule has 0 saturated carbocycles. The van der Waals surface area contributed by atoms with Crippen molar-refractivity contribution >= 4 is 22.6 Å². The Morgan fingerprint density at radius 2 is 2.04 bits per heavy atom. The number of aromatic nitrogens is 1. The molecule has 3 aromatic rings. The first-order valence-electron chi connectivity index (χ1n) is 8.42. The molecular weight excluding hydrogens is 380 g/mol. The van der Waals surface area contributed by atoms with Gasteiger partial charge in [0.15, 0.2) is 0 Å². The lowest BCUT2D eigenvalue weighted by atomic mass is 10.0. The summed E-state index contributed by atoms with van der Waals surface area (Å²) in [5.41, 5.74) is 4.71. The van der Waals surface area contributed by atoms with Gasteiger partial charge < -0.3 is 10.1 Å². The molecule has 0 unspecified atom stereocenters. The van der Waals surface area contributed by atoms with E-state index in [-0.39, 0.29) is 5.75 Å². The van der Waals surface area contributed by atoms with E-state index in [0.29, 0.717) is 16.3 Å². The van der Waals surface area contributed by atoms with Crippen LogP contribution in [0.1, 0.15) is 16.1 Å². The summed E-state index contributed by atoms with van der Waals surface area (Å²) in [5, 5.41) is 14.8. The van der Waals surface area contributed by atoms with Gasteiger partial charge in [0, 0.05) is 17.1 Å². The van der Waals surface area contributed by atoms with Gasteiger partial charge in [-0.1, -0.05) is 35.9 Å². The number of hydrogen-bond donors (Lipinski definition) is 1. The van der Waals surface area contributed by atoms with Crippen molar-refractivity contribution in [1.29, 1.82) is 5.26 Å². The second-order valence-corrected chi connectivity index (χ2v) is 6.90. The van der Waals surface area contributed by atoms with Crippen LogP contribution in [0, 0.1) is 25.2 Å². The highest BCUT2D eigenvalue weighted by Gasteiger charge is 2.12. The van der Waals surface area contributed by atoms with Crippen LogP contribution in [0.2, 0.25) is 0 Å². The molecule has 7 heteroatoms. The third-order valence-corrected chi connectivity index (χ3v) is 4.86. The molecule has 0 aliphatic rings. The van der Waals surface area contributed by atoms with Gasteiger partial charge in [-0.05, 0) is 31.5 Å². The number of thiazole rings is 1. The zero-order chi connectivity index (χ0) is 20.1. The first kappa shape index (κ1) is 19.5. The van der Waals surface area contributed by atoms with Crippen LogP contribution in [-0.4, -0.2) is 11.6 Å². The molecule has 4 nitrogen and oxygen atoms in total. The second-order valence-electron chi connectivity index (χ2n) is 6.05. The highest BCUT2D eigenvalue weighted by atomic mass is 32.1. The summed E-state index contributed by atoms with van der Waals surface area (Å²) >= 11 is 1.35. The van der Waals surface area contributed by atoms with Gasteiger partial charge in [-0.25, -0.2) is 4.98 Å². The van der Waals surface area contributed by atoms with Crippen LogP contribution < -0.4 is 10.1 Å². The van der Waals surface area contributed by atoms with Gasteiger partial charge in [0.2, 0.25) is 0 Å². The number of allylic oxidation sites excluding steroid dienone is 1. The fraction of sp³-hybridized carbons (Fsp3) is 0.143. The monoisotopic (exact) mass is 397 g/mol. The zero-order valence-electron chi connectivity index (χ0n) is 15.2. The number of nitriles is 1. The van der Waals surface area contributed by atoms with Gasteiger partial charge >= 0.3 is 6.61 Å². The predicted octanol–water partition coefficient (Wildman–Crippen LogP) is 6.00. The van der Waals surface area contributed by atoms with Crippen LogP contribution in [0.25, 0.3) is 16.8 Å². The molecule has 1 heterocycles. The minimum absolute atomic E-state index is 0.00106. The standard InChI is InChI=1S/C21H17F2N3OS/c1-13-7-8-16(14(2)9-13)18-12-28-20(26-18)15(10-24)11-25-17-5-3-4-6-19(17)27-21(22)23/h3-9,11-12,21,25H,1-2H3. The van der Waals surface area contributed by atoms with Crippen molar-refractivity contribution in [3.8, 4) is 23.1 Å². The van der Waals surface area contributed by atoms with E-state index in [9.17, 15) is 14.0 Å². The summed E-state index contributed by atoms with van der Waals surface area (Å²) in [6.07, 6.45) is 1.44. The summed E-state index contributed by atoms with van der Waals surface area (Å²) in [4.78, 5) is 4.56. The molecule has 0 aliphatic heterocycles. The normalized spacial score (nSPS) is 11.4. The minimum atomic E-state index is -2.93. The number of nitrogens with zero attached hydrogens (tertiary/aromatic N) is 2. The molecule has 142 valence electrons. The largest absolute Gasteiger partial charge is 0.433 e. The number of halogens is 2. The molecule has 2 aromatic carbocycles. The van der Waals surface area contributed by atoms with Crippen molar-refractivity contribution in [1.82, 2.24) is 4.98 Å². The summed E-state index contributed by atoms with van der Waals surface area (Å²) in [7, 11) is 0. The number of hydrogen-bond acceptors (Lipinski definition) is 5. The average molecular weight is 397 g/mol. The van der Waals surface area contributed by atoms with Gasteiger partial charge in [0.1, 0.15) is 22.4 Å². The topological polar surface area (TPSA) is 57.9 Å². The molecule has 0 radical (unpaired) electrons. The SMILES string of the molecule is Cc1ccc(-c2csc(C(C#N)=CNc3ccccc3OC(F)F)n2)c(C)c1. The van der Waals surface area contributed by atoms with E-state index in [1.165, 1.54) is 29.2 Å². The molecule has 1 aromatic heterocycles. The maximum absolute atomic E-state index is 12.5. The van der Waals surface area contributed by atoms with Crippen LogP contribution in [0.3, 0.4) is 0 Å². The fourth-order valence-corrected chi connectivity index (χ4v) is 3.48. The first-order chi connectivity index (χ1) is 13.5. The van der Waals surface area contributed by atoms with Crippen molar-refractivity contribution in [2.45, 2.75) is 20.5 Å². The number of alkyl halides is 2. The smallest absolute Gasteiger partial charge is 0.387 e. The molecule has 1 N–H and O–H groups in total. The Bertz CT molecular complexity index is 1050. The maximum atomic E-state index is 12.5. The molecule has 0 fully saturated rings. The maximum Gasteiger partial charge on any atom is 0.387 e. The van der Waals surface area contributed by atoms with Gasteiger partial charge in [-0.15, -0.1) is 11.3 Å². The molecule has 0 aliphatic carbocycles. The molecular formula is C21H17F2N3OS. The Balaban J connectivity index is 1.85. The molecule has 0 bridgehead atoms. The Morgan fingerprint density at radius 1 is 1.25 bits per heavy atom. The van der Waals surface area contributed by atoms with Crippen molar-refractivity contribution in [3.63, 3.8) is 0 Å². The van der Waals surface area contributed by atoms with Crippen LogP contribution >= 0.6 is 11.3 Å². The van der Waals surface area contributed by atoms with E-state index in [0.717, 1.165) is 16.8 Å². The number of rotatable bonds is 6. The lowest BCUT2D eigenvalue weighted by Gasteiger charge is -2.10. The summed E-state index contributed by atoms with van der Waals surface area (Å²) in [6.45, 7) is 1.12. The van der Waals surface area contributed by atoms with Crippen molar-refractivity contribution in [2.75, 3.05) is 5.32 Å². The van der Waals surface area contributed by atoms with E-state index < -0.39 is 6.61 Å². The molecule has 0 amide bonds.